The van der Waals surface area contributed by atoms with Crippen molar-refractivity contribution in [1.29, 1.82) is 0 Å². The molecule has 0 fully saturated rings. The highest BCUT2D eigenvalue weighted by atomic mass is 16.5. The zero-order valence-electron chi connectivity index (χ0n) is 11.7. The number of hydrogen-bond donors (Lipinski definition) is 2. The lowest BCUT2D eigenvalue weighted by Crippen LogP contribution is -2.22. The van der Waals surface area contributed by atoms with Gasteiger partial charge in [0.25, 0.3) is 5.91 Å². The van der Waals surface area contributed by atoms with Crippen LogP contribution in [0.15, 0.2) is 18.2 Å². The van der Waals surface area contributed by atoms with Gasteiger partial charge in [0.2, 0.25) is 0 Å². The third-order valence-corrected chi connectivity index (χ3v) is 2.51. The summed E-state index contributed by atoms with van der Waals surface area (Å²) in [6.45, 7) is 5.69. The van der Waals surface area contributed by atoms with Crippen LogP contribution in [-0.2, 0) is 11.3 Å². The predicted octanol–water partition coefficient (Wildman–Crippen LogP) is 1.30. The van der Waals surface area contributed by atoms with Gasteiger partial charge in [-0.3, -0.25) is 4.79 Å². The molecule has 5 heteroatoms. The molecule has 0 radical (unpaired) electrons. The normalized spacial score (nSPS) is 10.5. The molecule has 3 N–H and O–H groups in total. The molecule has 0 saturated carbocycles. The van der Waals surface area contributed by atoms with Gasteiger partial charge in [-0.15, -0.1) is 0 Å². The number of rotatable bonds is 8. The first-order chi connectivity index (χ1) is 9.04. The largest absolute Gasteiger partial charge is 0.493 e. The van der Waals surface area contributed by atoms with Crippen LogP contribution >= 0.6 is 0 Å². The summed E-state index contributed by atoms with van der Waals surface area (Å²) < 4.78 is 10.7. The Kier molecular flexibility index (Phi) is 6.15. The number of para-hydroxylation sites is 1. The van der Waals surface area contributed by atoms with Gasteiger partial charge >= 0.3 is 0 Å². The van der Waals surface area contributed by atoms with Crippen molar-refractivity contribution in [3.8, 4) is 11.5 Å². The maximum absolute atomic E-state index is 10.8. The number of methoxy groups -OCH3 is 1. The van der Waals surface area contributed by atoms with Crippen LogP contribution in [0.4, 0.5) is 0 Å². The summed E-state index contributed by atoms with van der Waals surface area (Å²) >= 11 is 0. The third kappa shape index (κ3) is 5.18. The van der Waals surface area contributed by atoms with Crippen molar-refractivity contribution >= 4 is 5.91 Å². The maximum atomic E-state index is 10.8. The van der Waals surface area contributed by atoms with E-state index in [1.165, 1.54) is 0 Å². The average Bonchev–Trinajstić information content (AvgIpc) is 2.36. The van der Waals surface area contributed by atoms with Crippen LogP contribution in [0.5, 0.6) is 11.5 Å². The van der Waals surface area contributed by atoms with Crippen molar-refractivity contribution in [3.05, 3.63) is 23.8 Å². The van der Waals surface area contributed by atoms with E-state index in [2.05, 4.69) is 19.2 Å². The Labute approximate surface area is 114 Å². The summed E-state index contributed by atoms with van der Waals surface area (Å²) in [7, 11) is 1.57. The fourth-order valence-electron chi connectivity index (χ4n) is 1.66. The van der Waals surface area contributed by atoms with Crippen molar-refractivity contribution in [2.75, 3.05) is 20.3 Å². The zero-order chi connectivity index (χ0) is 14.3. The van der Waals surface area contributed by atoms with Crippen molar-refractivity contribution in [1.82, 2.24) is 5.32 Å². The van der Waals surface area contributed by atoms with E-state index in [4.69, 9.17) is 15.2 Å². The molecule has 0 aliphatic rings. The lowest BCUT2D eigenvalue weighted by atomic mass is 10.1. The number of nitrogens with two attached hydrogens (primary N) is 1. The number of hydrogen-bond acceptors (Lipinski definition) is 4. The molecular weight excluding hydrogens is 244 g/mol. The van der Waals surface area contributed by atoms with E-state index < -0.39 is 5.91 Å². The molecule has 1 aromatic carbocycles. The van der Waals surface area contributed by atoms with E-state index in [-0.39, 0.29) is 6.61 Å². The van der Waals surface area contributed by atoms with Gasteiger partial charge in [-0.25, -0.2) is 0 Å². The van der Waals surface area contributed by atoms with E-state index >= 15 is 0 Å². The van der Waals surface area contributed by atoms with E-state index in [9.17, 15) is 4.79 Å². The first-order valence-corrected chi connectivity index (χ1v) is 6.32. The molecule has 0 bridgehead atoms. The molecule has 0 heterocycles. The van der Waals surface area contributed by atoms with E-state index in [0.717, 1.165) is 12.1 Å². The van der Waals surface area contributed by atoms with Crippen LogP contribution in [0.2, 0.25) is 0 Å². The molecule has 0 aliphatic heterocycles. The predicted molar refractivity (Wildman–Crippen MR) is 74.2 cm³/mol. The number of nitrogens with one attached hydrogen (secondary N) is 1. The first kappa shape index (κ1) is 15.3. The van der Waals surface area contributed by atoms with E-state index in [1.54, 1.807) is 13.2 Å². The number of benzene rings is 1. The second-order valence-electron chi connectivity index (χ2n) is 4.73. The van der Waals surface area contributed by atoms with Crippen molar-refractivity contribution in [2.24, 2.45) is 11.7 Å². The van der Waals surface area contributed by atoms with Crippen molar-refractivity contribution < 1.29 is 14.3 Å². The molecule has 5 nitrogen and oxygen atoms in total. The molecule has 0 spiro atoms. The molecule has 0 unspecified atom stereocenters. The number of amides is 1. The monoisotopic (exact) mass is 266 g/mol. The quantitative estimate of drug-likeness (QED) is 0.744. The number of primary amides is 1. The topological polar surface area (TPSA) is 73.6 Å². The summed E-state index contributed by atoms with van der Waals surface area (Å²) in [6.07, 6.45) is 0. The van der Waals surface area contributed by atoms with Crippen LogP contribution in [0.1, 0.15) is 19.4 Å². The summed E-state index contributed by atoms with van der Waals surface area (Å²) in [6, 6.07) is 5.62. The molecule has 106 valence electrons. The van der Waals surface area contributed by atoms with Gasteiger partial charge in [0, 0.05) is 12.1 Å². The Morgan fingerprint density at radius 1 is 1.42 bits per heavy atom. The smallest absolute Gasteiger partial charge is 0.255 e. The fraction of sp³-hybridized carbons (Fsp3) is 0.500. The Hall–Kier alpha value is -1.75. The van der Waals surface area contributed by atoms with Gasteiger partial charge < -0.3 is 20.5 Å². The van der Waals surface area contributed by atoms with Crippen LogP contribution < -0.4 is 20.5 Å². The Bertz CT molecular complexity index is 419. The maximum Gasteiger partial charge on any atom is 0.255 e. The van der Waals surface area contributed by atoms with Crippen molar-refractivity contribution in [3.63, 3.8) is 0 Å². The minimum Gasteiger partial charge on any atom is -0.493 e. The number of carbonyl (C=O) groups excluding carboxylic acids is 1. The molecule has 19 heavy (non-hydrogen) atoms. The lowest BCUT2D eigenvalue weighted by Gasteiger charge is -2.15. The summed E-state index contributed by atoms with van der Waals surface area (Å²) in [5.41, 5.74) is 6.05. The summed E-state index contributed by atoms with van der Waals surface area (Å²) in [5, 5.41) is 3.33. The fourth-order valence-corrected chi connectivity index (χ4v) is 1.66. The van der Waals surface area contributed by atoms with Crippen LogP contribution in [0.3, 0.4) is 0 Å². The second-order valence-corrected chi connectivity index (χ2v) is 4.73. The van der Waals surface area contributed by atoms with E-state index in [1.807, 2.05) is 12.1 Å². The summed E-state index contributed by atoms with van der Waals surface area (Å²) in [4.78, 5) is 10.8. The van der Waals surface area contributed by atoms with Gasteiger partial charge in [0.15, 0.2) is 18.1 Å². The SMILES string of the molecule is COc1cccc(CNCC(C)C)c1OCC(N)=O. The second kappa shape index (κ2) is 7.63. The number of ether oxygens (including phenoxy) is 2. The Morgan fingerprint density at radius 3 is 2.74 bits per heavy atom. The van der Waals surface area contributed by atoms with Crippen LogP contribution in [-0.4, -0.2) is 26.2 Å². The molecule has 1 amide bonds. The molecule has 0 aromatic heterocycles. The third-order valence-electron chi connectivity index (χ3n) is 2.51. The van der Waals surface area contributed by atoms with Gasteiger partial charge in [-0.1, -0.05) is 26.0 Å². The molecule has 0 atom stereocenters. The Morgan fingerprint density at radius 2 is 2.16 bits per heavy atom. The summed E-state index contributed by atoms with van der Waals surface area (Å²) in [5.74, 6) is 1.23. The highest BCUT2D eigenvalue weighted by molar-refractivity contribution is 5.75. The molecule has 1 rings (SSSR count). The zero-order valence-corrected chi connectivity index (χ0v) is 11.7. The highest BCUT2D eigenvalue weighted by Crippen LogP contribution is 2.30. The lowest BCUT2D eigenvalue weighted by molar-refractivity contribution is -0.119. The van der Waals surface area contributed by atoms with Crippen LogP contribution in [0.25, 0.3) is 0 Å². The Balaban J connectivity index is 2.79. The molecule has 1 aromatic rings. The first-order valence-electron chi connectivity index (χ1n) is 6.32. The van der Waals surface area contributed by atoms with Crippen molar-refractivity contribution in [2.45, 2.75) is 20.4 Å². The average molecular weight is 266 g/mol. The van der Waals surface area contributed by atoms with Gasteiger partial charge in [0.1, 0.15) is 0 Å². The molecule has 0 saturated heterocycles. The van der Waals surface area contributed by atoms with Gasteiger partial charge in [-0.2, -0.15) is 0 Å². The molecule has 0 aliphatic carbocycles. The van der Waals surface area contributed by atoms with Crippen LogP contribution in [0, 0.1) is 5.92 Å². The minimum atomic E-state index is -0.507. The van der Waals surface area contributed by atoms with Gasteiger partial charge in [0.05, 0.1) is 7.11 Å². The van der Waals surface area contributed by atoms with Gasteiger partial charge in [-0.05, 0) is 18.5 Å². The highest BCUT2D eigenvalue weighted by Gasteiger charge is 2.11. The van der Waals surface area contributed by atoms with E-state index in [0.29, 0.717) is 24.0 Å². The minimum absolute atomic E-state index is 0.155. The number of carbonyl (C=O) groups is 1. The molecular formula is C14H22N2O3. The standard InChI is InChI=1S/C14H22N2O3/c1-10(2)7-16-8-11-5-4-6-12(18-3)14(11)19-9-13(15)17/h4-6,10,16H,7-9H2,1-3H3,(H2,15,17).